The number of methoxy groups -OCH3 is 1. The minimum absolute atomic E-state index is 0.0660. The topological polar surface area (TPSA) is 97.0 Å². The number of ether oxygens (including phenoxy) is 2. The molecular formula is C31H33N3O5S2. The van der Waals surface area contributed by atoms with Crippen molar-refractivity contribution in [2.24, 2.45) is 23.2 Å². The van der Waals surface area contributed by atoms with Crippen molar-refractivity contribution in [3.8, 4) is 11.5 Å². The fourth-order valence-electron chi connectivity index (χ4n) is 7.19. The predicted octanol–water partition coefficient (Wildman–Crippen LogP) is 5.47. The molecule has 4 saturated carbocycles. The van der Waals surface area contributed by atoms with Crippen molar-refractivity contribution in [2.75, 3.05) is 19.0 Å². The van der Waals surface area contributed by atoms with Gasteiger partial charge in [0.15, 0.2) is 22.4 Å². The molecule has 3 amide bonds. The lowest BCUT2D eigenvalue weighted by Crippen LogP contribution is -2.57. The zero-order chi connectivity index (χ0) is 28.7. The summed E-state index contributed by atoms with van der Waals surface area (Å²) in [6.45, 7) is 1.79. The Hall–Kier alpha value is -3.37. The van der Waals surface area contributed by atoms with E-state index in [1.807, 2.05) is 31.2 Å². The van der Waals surface area contributed by atoms with Gasteiger partial charge in [-0.05, 0) is 111 Å². The van der Waals surface area contributed by atoms with Crippen LogP contribution in [0.5, 0.6) is 11.5 Å². The summed E-state index contributed by atoms with van der Waals surface area (Å²) in [5, 5.41) is 4.03. The first-order valence-corrected chi connectivity index (χ1v) is 15.2. The first-order valence-electron chi connectivity index (χ1n) is 14.0. The zero-order valence-electron chi connectivity index (χ0n) is 23.1. The van der Waals surface area contributed by atoms with Crippen molar-refractivity contribution in [3.05, 3.63) is 58.5 Å². The number of hydrogen-bond acceptors (Lipinski definition) is 7. The maximum Gasteiger partial charge on any atom is 0.285 e. The summed E-state index contributed by atoms with van der Waals surface area (Å²) in [5.74, 6) is 2.01. The third kappa shape index (κ3) is 5.72. The maximum absolute atomic E-state index is 13.5. The van der Waals surface area contributed by atoms with E-state index in [1.54, 1.807) is 24.3 Å². The monoisotopic (exact) mass is 591 g/mol. The third-order valence-electron chi connectivity index (χ3n) is 8.71. The van der Waals surface area contributed by atoms with Crippen molar-refractivity contribution < 1.29 is 23.9 Å². The van der Waals surface area contributed by atoms with Crippen LogP contribution in [0.4, 0.5) is 5.69 Å². The molecule has 4 aliphatic carbocycles. The van der Waals surface area contributed by atoms with Gasteiger partial charge in [-0.3, -0.25) is 19.8 Å². The van der Waals surface area contributed by atoms with E-state index in [0.717, 1.165) is 36.6 Å². The quantitative estimate of drug-likeness (QED) is 0.310. The summed E-state index contributed by atoms with van der Waals surface area (Å²) in [5.41, 5.74) is 5.01. The van der Waals surface area contributed by atoms with E-state index in [-0.39, 0.29) is 29.7 Å². The fourth-order valence-corrected chi connectivity index (χ4v) is 8.37. The van der Waals surface area contributed by atoms with Crippen molar-refractivity contribution >= 4 is 57.8 Å². The van der Waals surface area contributed by atoms with Gasteiger partial charge < -0.3 is 14.8 Å². The van der Waals surface area contributed by atoms with E-state index in [4.69, 9.17) is 21.7 Å². The number of nitrogens with one attached hydrogen (secondary N) is 2. The van der Waals surface area contributed by atoms with Crippen LogP contribution >= 0.6 is 24.0 Å². The van der Waals surface area contributed by atoms with Crippen LogP contribution in [0.25, 0.3) is 6.08 Å². The summed E-state index contributed by atoms with van der Waals surface area (Å²) in [6, 6.07) is 12.7. The summed E-state index contributed by atoms with van der Waals surface area (Å²) in [7, 11) is 1.51. The molecule has 0 spiro atoms. The van der Waals surface area contributed by atoms with E-state index in [1.165, 1.54) is 31.4 Å². The summed E-state index contributed by atoms with van der Waals surface area (Å²) in [6.07, 6.45) is 8.18. The number of hydrazine groups is 1. The average molecular weight is 592 g/mol. The molecule has 1 saturated heterocycles. The average Bonchev–Trinajstić information content (AvgIpc) is 3.20. The van der Waals surface area contributed by atoms with Crippen LogP contribution in [0.3, 0.4) is 0 Å². The fraction of sp³-hybridized carbons (Fsp3) is 0.419. The number of hydrogen-bond donors (Lipinski definition) is 2. The van der Waals surface area contributed by atoms with E-state index < -0.39 is 0 Å². The molecule has 0 aromatic heterocycles. The van der Waals surface area contributed by atoms with E-state index in [9.17, 15) is 14.4 Å². The molecule has 41 heavy (non-hydrogen) atoms. The largest absolute Gasteiger partial charge is 0.493 e. The maximum atomic E-state index is 13.5. The molecule has 2 aromatic carbocycles. The van der Waals surface area contributed by atoms with Crippen LogP contribution in [0.1, 0.15) is 49.7 Å². The highest BCUT2D eigenvalue weighted by atomic mass is 32.2. The lowest BCUT2D eigenvalue weighted by molar-refractivity contribution is -0.152. The number of thioether (sulfide) groups is 1. The van der Waals surface area contributed by atoms with Crippen molar-refractivity contribution in [3.63, 3.8) is 0 Å². The van der Waals surface area contributed by atoms with Gasteiger partial charge in [0, 0.05) is 5.69 Å². The molecular weight excluding hydrogens is 558 g/mol. The van der Waals surface area contributed by atoms with E-state index >= 15 is 0 Å². The number of thiocarbonyl (C=S) groups is 1. The minimum atomic E-state index is -0.373. The summed E-state index contributed by atoms with van der Waals surface area (Å²) < 4.78 is 11.5. The minimum Gasteiger partial charge on any atom is -0.493 e. The smallest absolute Gasteiger partial charge is 0.285 e. The number of rotatable bonds is 8. The van der Waals surface area contributed by atoms with Crippen molar-refractivity contribution in [1.29, 1.82) is 0 Å². The van der Waals surface area contributed by atoms with Gasteiger partial charge in [-0.2, -0.15) is 5.01 Å². The molecule has 1 aliphatic heterocycles. The highest BCUT2D eigenvalue weighted by Crippen LogP contribution is 2.60. The second-order valence-electron chi connectivity index (χ2n) is 11.8. The Kier molecular flexibility index (Phi) is 7.54. The second kappa shape index (κ2) is 11.1. The van der Waals surface area contributed by atoms with Gasteiger partial charge in [-0.1, -0.05) is 35.5 Å². The Morgan fingerprint density at radius 2 is 1.71 bits per heavy atom. The number of amides is 3. The number of carbonyl (C=O) groups is 3. The molecule has 1 heterocycles. The Bertz CT molecular complexity index is 1400. The molecule has 4 bridgehead atoms. The molecule has 2 N–H and O–H groups in total. The predicted molar refractivity (Wildman–Crippen MR) is 162 cm³/mol. The first-order chi connectivity index (χ1) is 19.7. The van der Waals surface area contributed by atoms with Crippen molar-refractivity contribution in [1.82, 2.24) is 10.4 Å². The number of aryl methyl sites for hydroxylation is 1. The van der Waals surface area contributed by atoms with Gasteiger partial charge in [-0.25, -0.2) is 0 Å². The SMILES string of the molecule is COc1cc(/C=C2/SC(=S)N(NC(=O)C34CC5CC(CC(C5)C3)C4)C2=O)ccc1OCC(=O)Nc1ccc(C)cc1. The summed E-state index contributed by atoms with van der Waals surface area (Å²) in [4.78, 5) is 39.5. The number of nitrogens with zero attached hydrogens (tertiary/aromatic N) is 1. The van der Waals surface area contributed by atoms with Gasteiger partial charge >= 0.3 is 0 Å². The van der Waals surface area contributed by atoms with Gasteiger partial charge in [0.25, 0.3) is 11.8 Å². The lowest BCUT2D eigenvalue weighted by atomic mass is 9.49. The number of carbonyl (C=O) groups excluding carboxylic acids is 3. The Labute approximate surface area is 249 Å². The lowest BCUT2D eigenvalue weighted by Gasteiger charge is -2.55. The number of anilines is 1. The second-order valence-corrected chi connectivity index (χ2v) is 13.4. The molecule has 0 radical (unpaired) electrons. The van der Waals surface area contributed by atoms with Crippen LogP contribution < -0.4 is 20.2 Å². The van der Waals surface area contributed by atoms with Crippen LogP contribution in [-0.4, -0.2) is 40.8 Å². The molecule has 8 nitrogen and oxygen atoms in total. The standard InChI is InChI=1S/C31H33N3O5S2/c1-18-3-6-23(7-4-18)32-27(35)17-39-24-8-5-19(12-25(24)38-2)13-26-28(36)34(30(40)41-26)33-29(37)31-14-20-9-21(15-31)11-22(10-20)16-31/h3-8,12-13,20-22H,9-11,14-17H2,1-2H3,(H,32,35)(H,33,37)/b26-13+. The van der Waals surface area contributed by atoms with Gasteiger partial charge in [0.2, 0.25) is 5.91 Å². The molecule has 214 valence electrons. The molecule has 5 aliphatic rings. The van der Waals surface area contributed by atoms with Crippen LogP contribution in [0, 0.1) is 30.1 Å². The Balaban J connectivity index is 1.09. The van der Waals surface area contributed by atoms with E-state index in [2.05, 4.69) is 10.7 Å². The van der Waals surface area contributed by atoms with E-state index in [0.29, 0.717) is 49.7 Å². The van der Waals surface area contributed by atoms with Gasteiger partial charge in [0.1, 0.15) is 0 Å². The highest BCUT2D eigenvalue weighted by molar-refractivity contribution is 8.26. The third-order valence-corrected chi connectivity index (χ3v) is 10.0. The molecule has 5 fully saturated rings. The van der Waals surface area contributed by atoms with Crippen molar-refractivity contribution in [2.45, 2.75) is 45.4 Å². The zero-order valence-corrected chi connectivity index (χ0v) is 24.7. The highest BCUT2D eigenvalue weighted by Gasteiger charge is 2.55. The molecule has 2 aromatic rings. The molecule has 0 atom stereocenters. The molecule has 10 heteroatoms. The van der Waals surface area contributed by atoms with Crippen LogP contribution in [0.2, 0.25) is 0 Å². The van der Waals surface area contributed by atoms with Gasteiger partial charge in [-0.15, -0.1) is 0 Å². The Morgan fingerprint density at radius 1 is 1.05 bits per heavy atom. The first kappa shape index (κ1) is 27.8. The van der Waals surface area contributed by atoms with Crippen LogP contribution in [-0.2, 0) is 14.4 Å². The molecule has 7 rings (SSSR count). The molecule has 0 unspecified atom stereocenters. The Morgan fingerprint density at radius 3 is 2.34 bits per heavy atom. The van der Waals surface area contributed by atoms with Crippen LogP contribution in [0.15, 0.2) is 47.4 Å². The number of benzene rings is 2. The summed E-state index contributed by atoms with van der Waals surface area (Å²) >= 11 is 6.64. The normalized spacial score (nSPS) is 27.3. The van der Waals surface area contributed by atoms with Gasteiger partial charge in [0.05, 0.1) is 17.4 Å².